The van der Waals surface area contributed by atoms with Gasteiger partial charge in [0.25, 0.3) is 0 Å². The van der Waals surface area contributed by atoms with Gasteiger partial charge in [0, 0.05) is 12.2 Å². The number of nitrogens with one attached hydrogen (secondary N) is 1. The van der Waals surface area contributed by atoms with Crippen LogP contribution in [0.25, 0.3) is 0 Å². The van der Waals surface area contributed by atoms with Gasteiger partial charge >= 0.3 is 0 Å². The maximum Gasteiger partial charge on any atom is 0.0407 e. The van der Waals surface area contributed by atoms with Gasteiger partial charge < -0.3 is 5.32 Å². The highest BCUT2D eigenvalue weighted by molar-refractivity contribution is 5.63. The summed E-state index contributed by atoms with van der Waals surface area (Å²) in [4.78, 5) is 0. The van der Waals surface area contributed by atoms with E-state index >= 15 is 0 Å². The lowest BCUT2D eigenvalue weighted by atomic mass is 9.92. The molecule has 0 aliphatic carbocycles. The predicted octanol–water partition coefficient (Wildman–Crippen LogP) is 2.97. The molecule has 1 heterocycles. The summed E-state index contributed by atoms with van der Waals surface area (Å²) in [5.41, 5.74) is 7.23. The minimum atomic E-state index is 1.14. The molecule has 0 bridgehead atoms. The van der Waals surface area contributed by atoms with Crippen LogP contribution in [0, 0.1) is 20.8 Å². The van der Waals surface area contributed by atoms with E-state index in [4.69, 9.17) is 0 Å². The fourth-order valence-corrected chi connectivity index (χ4v) is 2.18. The van der Waals surface area contributed by atoms with E-state index in [-0.39, 0.29) is 0 Å². The first-order valence-electron chi connectivity index (χ1n) is 5.03. The maximum atomic E-state index is 3.51. The maximum absolute atomic E-state index is 3.51. The minimum Gasteiger partial charge on any atom is -0.385 e. The Kier molecular flexibility index (Phi) is 2.03. The number of anilines is 1. The molecule has 1 N–H and O–H groups in total. The topological polar surface area (TPSA) is 12.0 Å². The molecule has 0 spiro atoms. The second-order valence-corrected chi connectivity index (χ2v) is 4.02. The Morgan fingerprint density at radius 2 is 1.92 bits per heavy atom. The average Bonchev–Trinajstić information content (AvgIpc) is 2.15. The van der Waals surface area contributed by atoms with Crippen LogP contribution in [-0.4, -0.2) is 6.54 Å². The van der Waals surface area contributed by atoms with Crippen LogP contribution in [0.2, 0.25) is 0 Å². The van der Waals surface area contributed by atoms with Crippen LogP contribution in [0.1, 0.15) is 28.7 Å². The monoisotopic (exact) mass is 175 g/mol. The van der Waals surface area contributed by atoms with Crippen molar-refractivity contribution in [3.63, 3.8) is 0 Å². The van der Waals surface area contributed by atoms with Crippen LogP contribution in [0.15, 0.2) is 6.07 Å². The highest BCUT2D eigenvalue weighted by Crippen LogP contribution is 2.30. The lowest BCUT2D eigenvalue weighted by molar-refractivity contribution is 0.820. The highest BCUT2D eigenvalue weighted by Gasteiger charge is 2.14. The Labute approximate surface area is 80.2 Å². The zero-order valence-corrected chi connectivity index (χ0v) is 8.70. The van der Waals surface area contributed by atoms with Crippen molar-refractivity contribution in [2.45, 2.75) is 33.6 Å². The molecule has 0 unspecified atom stereocenters. The van der Waals surface area contributed by atoms with Crippen LogP contribution in [0.3, 0.4) is 0 Å². The Bertz CT molecular complexity index is 339. The fourth-order valence-electron chi connectivity index (χ4n) is 2.18. The summed E-state index contributed by atoms with van der Waals surface area (Å²) in [6.45, 7) is 7.76. The normalized spacial score (nSPS) is 15.0. The van der Waals surface area contributed by atoms with Gasteiger partial charge in [-0.15, -0.1) is 0 Å². The number of aryl methyl sites for hydroxylation is 2. The van der Waals surface area contributed by atoms with Crippen LogP contribution in [0.4, 0.5) is 5.69 Å². The average molecular weight is 175 g/mol. The molecule has 13 heavy (non-hydrogen) atoms. The molecule has 0 saturated carbocycles. The van der Waals surface area contributed by atoms with Crippen LogP contribution >= 0.6 is 0 Å². The van der Waals surface area contributed by atoms with Gasteiger partial charge in [-0.2, -0.15) is 0 Å². The summed E-state index contributed by atoms with van der Waals surface area (Å²) in [5.74, 6) is 0. The van der Waals surface area contributed by atoms with E-state index in [0.29, 0.717) is 0 Å². The van der Waals surface area contributed by atoms with Crippen molar-refractivity contribution in [3.8, 4) is 0 Å². The van der Waals surface area contributed by atoms with Gasteiger partial charge in [-0.05, 0) is 55.9 Å². The van der Waals surface area contributed by atoms with E-state index in [1.807, 2.05) is 0 Å². The van der Waals surface area contributed by atoms with E-state index in [2.05, 4.69) is 32.2 Å². The number of benzene rings is 1. The molecule has 0 aromatic heterocycles. The molecule has 1 aromatic carbocycles. The van der Waals surface area contributed by atoms with Crippen molar-refractivity contribution in [3.05, 3.63) is 28.3 Å². The number of hydrogen-bond acceptors (Lipinski definition) is 1. The Morgan fingerprint density at radius 1 is 1.15 bits per heavy atom. The smallest absolute Gasteiger partial charge is 0.0407 e. The minimum absolute atomic E-state index is 1.14. The Balaban J connectivity index is 2.63. The molecule has 70 valence electrons. The summed E-state index contributed by atoms with van der Waals surface area (Å²) in [6, 6.07) is 2.31. The molecule has 0 amide bonds. The third-order valence-corrected chi connectivity index (χ3v) is 3.08. The second kappa shape index (κ2) is 3.06. The van der Waals surface area contributed by atoms with E-state index in [1.165, 1.54) is 40.8 Å². The highest BCUT2D eigenvalue weighted by atomic mass is 14.9. The van der Waals surface area contributed by atoms with Crippen molar-refractivity contribution >= 4 is 5.69 Å². The molecule has 0 saturated heterocycles. The van der Waals surface area contributed by atoms with Crippen molar-refractivity contribution in [1.82, 2.24) is 0 Å². The summed E-state index contributed by atoms with van der Waals surface area (Å²) in [7, 11) is 0. The molecule has 1 aliphatic heterocycles. The quantitative estimate of drug-likeness (QED) is 0.639. The second-order valence-electron chi connectivity index (χ2n) is 4.02. The van der Waals surface area contributed by atoms with Crippen LogP contribution in [0.5, 0.6) is 0 Å². The SMILES string of the molecule is Cc1cc(C)c2c(c1C)NCCC2. The summed E-state index contributed by atoms with van der Waals surface area (Å²) in [6.07, 6.45) is 2.52. The van der Waals surface area contributed by atoms with E-state index in [9.17, 15) is 0 Å². The van der Waals surface area contributed by atoms with Gasteiger partial charge in [0.05, 0.1) is 0 Å². The molecular formula is C12H17N. The van der Waals surface area contributed by atoms with Gasteiger partial charge in [0.15, 0.2) is 0 Å². The molecule has 1 aromatic rings. The van der Waals surface area contributed by atoms with E-state index in [0.717, 1.165) is 6.54 Å². The molecule has 1 nitrogen and oxygen atoms in total. The lowest BCUT2D eigenvalue weighted by Gasteiger charge is -2.23. The molecule has 0 radical (unpaired) electrons. The van der Waals surface area contributed by atoms with Crippen LogP contribution in [-0.2, 0) is 6.42 Å². The zero-order valence-electron chi connectivity index (χ0n) is 8.70. The molecule has 0 fully saturated rings. The number of hydrogen-bond donors (Lipinski definition) is 1. The third-order valence-electron chi connectivity index (χ3n) is 3.08. The van der Waals surface area contributed by atoms with Gasteiger partial charge in [-0.3, -0.25) is 0 Å². The van der Waals surface area contributed by atoms with Crippen LogP contribution < -0.4 is 5.32 Å². The van der Waals surface area contributed by atoms with E-state index < -0.39 is 0 Å². The molecule has 2 rings (SSSR count). The summed E-state index contributed by atoms with van der Waals surface area (Å²) < 4.78 is 0. The van der Waals surface area contributed by atoms with Crippen molar-refractivity contribution < 1.29 is 0 Å². The molecule has 1 aliphatic rings. The predicted molar refractivity (Wildman–Crippen MR) is 57.5 cm³/mol. The molecular weight excluding hydrogens is 158 g/mol. The number of fused-ring (bicyclic) bond motifs is 1. The van der Waals surface area contributed by atoms with Gasteiger partial charge in [-0.1, -0.05) is 6.07 Å². The summed E-state index contributed by atoms with van der Waals surface area (Å²) >= 11 is 0. The van der Waals surface area contributed by atoms with Gasteiger partial charge in [0.2, 0.25) is 0 Å². The first kappa shape index (κ1) is 8.61. The molecule has 0 atom stereocenters. The lowest BCUT2D eigenvalue weighted by Crippen LogP contribution is -2.14. The van der Waals surface area contributed by atoms with Crippen molar-refractivity contribution in [1.29, 1.82) is 0 Å². The first-order chi connectivity index (χ1) is 6.20. The largest absolute Gasteiger partial charge is 0.385 e. The van der Waals surface area contributed by atoms with Crippen molar-refractivity contribution in [2.75, 3.05) is 11.9 Å². The zero-order chi connectivity index (χ0) is 9.42. The summed E-state index contributed by atoms with van der Waals surface area (Å²) in [5, 5.41) is 3.51. The van der Waals surface area contributed by atoms with Gasteiger partial charge in [-0.25, -0.2) is 0 Å². The fraction of sp³-hybridized carbons (Fsp3) is 0.500. The molecule has 1 heteroatoms. The third kappa shape index (κ3) is 1.32. The standard InChI is InChI=1S/C12H17N/c1-8-7-9(2)11-5-4-6-13-12(11)10(8)3/h7,13H,4-6H2,1-3H3. The van der Waals surface area contributed by atoms with Crippen molar-refractivity contribution in [2.24, 2.45) is 0 Å². The Hall–Kier alpha value is -0.980. The van der Waals surface area contributed by atoms with E-state index in [1.54, 1.807) is 0 Å². The Morgan fingerprint density at radius 3 is 2.69 bits per heavy atom. The number of rotatable bonds is 0. The first-order valence-corrected chi connectivity index (χ1v) is 5.03. The van der Waals surface area contributed by atoms with Gasteiger partial charge in [0.1, 0.15) is 0 Å².